The molecule has 0 aliphatic carbocycles. The Balaban J connectivity index is 1.77. The maximum absolute atomic E-state index is 13.0. The van der Waals surface area contributed by atoms with Gasteiger partial charge in [-0.3, -0.25) is 4.79 Å². The highest BCUT2D eigenvalue weighted by molar-refractivity contribution is 5.83. The average molecular weight is 446 g/mol. The zero-order chi connectivity index (χ0) is 23.5. The van der Waals surface area contributed by atoms with Crippen molar-refractivity contribution < 1.29 is 14.3 Å². The molecule has 0 amide bonds. The van der Waals surface area contributed by atoms with E-state index >= 15 is 0 Å². The van der Waals surface area contributed by atoms with Crippen LogP contribution in [0.25, 0.3) is 22.3 Å². The molecule has 0 saturated heterocycles. The Hall–Kier alpha value is -3.71. The van der Waals surface area contributed by atoms with Crippen LogP contribution >= 0.6 is 0 Å². The van der Waals surface area contributed by atoms with Gasteiger partial charge in [0.05, 0.1) is 29.7 Å². The number of aliphatic hydroxyl groups is 1. The van der Waals surface area contributed by atoms with Crippen molar-refractivity contribution in [2.75, 3.05) is 5.32 Å². The molecule has 2 aromatic carbocycles. The van der Waals surface area contributed by atoms with E-state index in [2.05, 4.69) is 15.3 Å². The Morgan fingerprint density at radius 2 is 1.82 bits per heavy atom. The van der Waals surface area contributed by atoms with Gasteiger partial charge in [-0.25, -0.2) is 9.97 Å². The summed E-state index contributed by atoms with van der Waals surface area (Å²) in [6.07, 6.45) is 3.13. The first-order valence-corrected chi connectivity index (χ1v) is 10.9. The molecule has 0 aliphatic rings. The Kier molecular flexibility index (Phi) is 6.42. The Morgan fingerprint density at radius 1 is 1.09 bits per heavy atom. The monoisotopic (exact) mass is 445 g/mol. The SMILES string of the molecule is Cc1cc(C(C)Nc2ccccc2CO)c2oc(-c3cnc(OC(C)C)nc3)cc(=O)c2c1. The standard InChI is InChI=1S/C26H27N3O4/c1-15(2)32-26-27-12-19(13-28-26)24-11-23(31)21-10-16(3)9-20(25(21)33-24)17(4)29-22-8-6-5-7-18(22)14-30/h5-13,15,17,29-30H,14H2,1-4H3. The van der Waals surface area contributed by atoms with Gasteiger partial charge >= 0.3 is 6.01 Å². The number of fused-ring (bicyclic) bond motifs is 1. The van der Waals surface area contributed by atoms with Crippen molar-refractivity contribution >= 4 is 16.7 Å². The van der Waals surface area contributed by atoms with E-state index in [1.54, 1.807) is 12.4 Å². The fraction of sp³-hybridized carbons (Fsp3) is 0.269. The molecule has 2 heterocycles. The Bertz CT molecular complexity index is 1330. The molecule has 0 fully saturated rings. The van der Waals surface area contributed by atoms with Crippen LogP contribution in [0.3, 0.4) is 0 Å². The van der Waals surface area contributed by atoms with Crippen molar-refractivity contribution in [2.45, 2.75) is 46.4 Å². The molecule has 0 saturated carbocycles. The summed E-state index contributed by atoms with van der Waals surface area (Å²) in [4.78, 5) is 21.4. The summed E-state index contributed by atoms with van der Waals surface area (Å²) >= 11 is 0. The number of benzene rings is 2. The van der Waals surface area contributed by atoms with Crippen molar-refractivity contribution in [3.05, 3.63) is 81.8 Å². The van der Waals surface area contributed by atoms with Crippen LogP contribution in [0.15, 0.2) is 64.1 Å². The van der Waals surface area contributed by atoms with E-state index < -0.39 is 0 Å². The van der Waals surface area contributed by atoms with Crippen molar-refractivity contribution in [3.63, 3.8) is 0 Å². The maximum Gasteiger partial charge on any atom is 0.316 e. The van der Waals surface area contributed by atoms with Crippen LogP contribution < -0.4 is 15.5 Å². The zero-order valence-electron chi connectivity index (χ0n) is 19.1. The van der Waals surface area contributed by atoms with Gasteiger partial charge in [-0.05, 0) is 45.4 Å². The van der Waals surface area contributed by atoms with Crippen molar-refractivity contribution in [1.29, 1.82) is 0 Å². The van der Waals surface area contributed by atoms with Crippen LogP contribution in [-0.4, -0.2) is 21.2 Å². The van der Waals surface area contributed by atoms with Gasteiger partial charge in [-0.1, -0.05) is 24.3 Å². The minimum Gasteiger partial charge on any atom is -0.461 e. The predicted molar refractivity (Wildman–Crippen MR) is 128 cm³/mol. The first-order chi connectivity index (χ1) is 15.9. The minimum absolute atomic E-state index is 0.0369. The summed E-state index contributed by atoms with van der Waals surface area (Å²) in [7, 11) is 0. The van der Waals surface area contributed by atoms with E-state index in [0.29, 0.717) is 22.3 Å². The number of aliphatic hydroxyl groups excluding tert-OH is 1. The second-order valence-electron chi connectivity index (χ2n) is 8.31. The van der Waals surface area contributed by atoms with E-state index in [0.717, 1.165) is 22.4 Å². The van der Waals surface area contributed by atoms with E-state index in [4.69, 9.17) is 9.15 Å². The molecule has 170 valence electrons. The maximum atomic E-state index is 13.0. The lowest BCUT2D eigenvalue weighted by atomic mass is 10.0. The minimum atomic E-state index is -0.184. The Morgan fingerprint density at radius 3 is 2.52 bits per heavy atom. The lowest BCUT2D eigenvalue weighted by molar-refractivity contribution is 0.222. The Labute approximate surface area is 192 Å². The summed E-state index contributed by atoms with van der Waals surface area (Å²) in [5, 5.41) is 13.6. The molecule has 2 N–H and O–H groups in total. The number of nitrogens with one attached hydrogen (secondary N) is 1. The van der Waals surface area contributed by atoms with Crippen LogP contribution in [0.1, 0.15) is 43.5 Å². The van der Waals surface area contributed by atoms with Crippen molar-refractivity contribution in [1.82, 2.24) is 9.97 Å². The highest BCUT2D eigenvalue weighted by atomic mass is 16.5. The number of hydrogen-bond acceptors (Lipinski definition) is 7. The first-order valence-electron chi connectivity index (χ1n) is 10.9. The largest absolute Gasteiger partial charge is 0.461 e. The molecule has 0 aliphatic heterocycles. The average Bonchev–Trinajstić information content (AvgIpc) is 2.79. The molecule has 2 aromatic heterocycles. The van der Waals surface area contributed by atoms with E-state index in [1.165, 1.54) is 6.07 Å². The molecule has 1 unspecified atom stereocenters. The van der Waals surface area contributed by atoms with Crippen LogP contribution in [0.5, 0.6) is 6.01 Å². The highest BCUT2D eigenvalue weighted by Gasteiger charge is 2.17. The topological polar surface area (TPSA) is 97.5 Å². The number of rotatable bonds is 7. The molecule has 7 nitrogen and oxygen atoms in total. The number of ether oxygens (including phenoxy) is 1. The third-order valence-electron chi connectivity index (χ3n) is 5.28. The number of nitrogens with zero attached hydrogens (tertiary/aromatic N) is 2. The summed E-state index contributed by atoms with van der Waals surface area (Å²) in [5.41, 5.74) is 4.38. The van der Waals surface area contributed by atoms with Gasteiger partial charge in [0.1, 0.15) is 11.3 Å². The molecule has 33 heavy (non-hydrogen) atoms. The van der Waals surface area contributed by atoms with Gasteiger partial charge in [0.15, 0.2) is 5.43 Å². The number of anilines is 1. The molecule has 7 heteroatoms. The van der Waals surface area contributed by atoms with E-state index in [9.17, 15) is 9.90 Å². The second-order valence-corrected chi connectivity index (χ2v) is 8.31. The lowest BCUT2D eigenvalue weighted by Crippen LogP contribution is -2.11. The van der Waals surface area contributed by atoms with Gasteiger partial charge in [-0.15, -0.1) is 0 Å². The molecule has 0 bridgehead atoms. The van der Waals surface area contributed by atoms with Gasteiger partial charge in [-0.2, -0.15) is 0 Å². The smallest absolute Gasteiger partial charge is 0.316 e. The molecular weight excluding hydrogens is 418 g/mol. The van der Waals surface area contributed by atoms with Gasteiger partial charge < -0.3 is 19.6 Å². The summed E-state index contributed by atoms with van der Waals surface area (Å²) in [5.74, 6) is 0.386. The molecule has 4 aromatic rings. The summed E-state index contributed by atoms with van der Waals surface area (Å²) in [6, 6.07) is 13.0. The van der Waals surface area contributed by atoms with Crippen LogP contribution in [-0.2, 0) is 6.61 Å². The van der Waals surface area contributed by atoms with Crippen LogP contribution in [0.4, 0.5) is 5.69 Å². The zero-order valence-corrected chi connectivity index (χ0v) is 19.1. The highest BCUT2D eigenvalue weighted by Crippen LogP contribution is 2.31. The number of aryl methyl sites for hydroxylation is 1. The number of aromatic nitrogens is 2. The van der Waals surface area contributed by atoms with Gasteiger partial charge in [0, 0.05) is 35.3 Å². The molecule has 0 radical (unpaired) electrons. The van der Waals surface area contributed by atoms with E-state index in [-0.39, 0.29) is 30.2 Å². The lowest BCUT2D eigenvalue weighted by Gasteiger charge is -2.20. The summed E-state index contributed by atoms with van der Waals surface area (Å²) in [6.45, 7) is 7.68. The fourth-order valence-corrected chi connectivity index (χ4v) is 3.72. The third-order valence-corrected chi connectivity index (χ3v) is 5.28. The van der Waals surface area contributed by atoms with Gasteiger partial charge in [0.25, 0.3) is 0 Å². The van der Waals surface area contributed by atoms with E-state index in [1.807, 2.05) is 64.1 Å². The van der Waals surface area contributed by atoms with Gasteiger partial charge in [0.2, 0.25) is 0 Å². The molecular formula is C26H27N3O4. The molecule has 1 atom stereocenters. The predicted octanol–water partition coefficient (Wildman–Crippen LogP) is 5.01. The fourth-order valence-electron chi connectivity index (χ4n) is 3.72. The van der Waals surface area contributed by atoms with Crippen LogP contribution in [0, 0.1) is 6.92 Å². The third kappa shape index (κ3) is 4.88. The van der Waals surface area contributed by atoms with Crippen molar-refractivity contribution in [3.8, 4) is 17.3 Å². The van der Waals surface area contributed by atoms with Crippen molar-refractivity contribution in [2.24, 2.45) is 0 Å². The molecule has 0 spiro atoms. The number of para-hydroxylation sites is 1. The summed E-state index contributed by atoms with van der Waals surface area (Å²) < 4.78 is 11.7. The quantitative estimate of drug-likeness (QED) is 0.413. The second kappa shape index (κ2) is 9.42. The normalized spacial score (nSPS) is 12.2. The van der Waals surface area contributed by atoms with Crippen LogP contribution in [0.2, 0.25) is 0 Å². The number of hydrogen-bond donors (Lipinski definition) is 2. The first kappa shape index (κ1) is 22.5. The molecule has 4 rings (SSSR count).